The molecule has 0 radical (unpaired) electrons. The third kappa shape index (κ3) is 2.10. The van der Waals surface area contributed by atoms with E-state index in [4.69, 9.17) is 22.4 Å². The summed E-state index contributed by atoms with van der Waals surface area (Å²) in [4.78, 5) is 11.0. The van der Waals surface area contributed by atoms with Gasteiger partial charge in [-0.05, 0) is 17.7 Å². The highest BCUT2D eigenvalue weighted by Crippen LogP contribution is 2.35. The Bertz CT molecular complexity index is 567. The summed E-state index contributed by atoms with van der Waals surface area (Å²) >= 11 is 6.07. The second kappa shape index (κ2) is 4.47. The first kappa shape index (κ1) is 11.5. The van der Waals surface area contributed by atoms with Crippen LogP contribution >= 0.6 is 11.6 Å². The summed E-state index contributed by atoms with van der Waals surface area (Å²) in [5.74, 6) is -1.06. The zero-order chi connectivity index (χ0) is 12.4. The quantitative estimate of drug-likeness (QED) is 0.801. The predicted molar refractivity (Wildman–Crippen MR) is 68.3 cm³/mol. The van der Waals surface area contributed by atoms with Crippen molar-refractivity contribution >= 4 is 23.3 Å². The summed E-state index contributed by atoms with van der Waals surface area (Å²) < 4.78 is 0. The molecule has 2 aromatic rings. The highest BCUT2D eigenvalue weighted by atomic mass is 35.5. The molecule has 0 saturated heterocycles. The monoisotopic (exact) mass is 247 g/mol. The first-order valence-electron chi connectivity index (χ1n) is 4.98. The maximum Gasteiger partial charge on any atom is 0.337 e. The maximum atomic E-state index is 11.0. The molecule has 86 valence electrons. The van der Waals surface area contributed by atoms with Crippen LogP contribution < -0.4 is 5.73 Å². The van der Waals surface area contributed by atoms with Gasteiger partial charge < -0.3 is 10.8 Å². The predicted octanol–water partition coefficient (Wildman–Crippen LogP) is 3.29. The van der Waals surface area contributed by atoms with Crippen LogP contribution in [-0.2, 0) is 0 Å². The lowest BCUT2D eigenvalue weighted by Gasteiger charge is -2.10. The second-order valence-electron chi connectivity index (χ2n) is 3.55. The van der Waals surface area contributed by atoms with E-state index in [0.717, 1.165) is 5.56 Å². The van der Waals surface area contributed by atoms with Crippen molar-refractivity contribution in [2.45, 2.75) is 0 Å². The average molecular weight is 248 g/mol. The molecule has 2 rings (SSSR count). The number of benzene rings is 2. The number of aromatic carboxylic acids is 1. The van der Waals surface area contributed by atoms with Gasteiger partial charge in [-0.15, -0.1) is 0 Å². The Morgan fingerprint density at radius 3 is 2.35 bits per heavy atom. The lowest BCUT2D eigenvalue weighted by Crippen LogP contribution is -2.04. The molecule has 3 nitrogen and oxygen atoms in total. The number of hydrogen-bond donors (Lipinski definition) is 2. The van der Waals surface area contributed by atoms with Crippen molar-refractivity contribution < 1.29 is 9.90 Å². The molecule has 0 aliphatic heterocycles. The van der Waals surface area contributed by atoms with Crippen molar-refractivity contribution in [3.8, 4) is 11.1 Å². The van der Waals surface area contributed by atoms with Crippen LogP contribution in [0.15, 0.2) is 42.5 Å². The highest BCUT2D eigenvalue weighted by molar-refractivity contribution is 6.34. The van der Waals surface area contributed by atoms with Gasteiger partial charge in [0.2, 0.25) is 0 Å². The van der Waals surface area contributed by atoms with E-state index >= 15 is 0 Å². The lowest BCUT2D eigenvalue weighted by molar-refractivity contribution is 0.0698. The van der Waals surface area contributed by atoms with Gasteiger partial charge in [-0.2, -0.15) is 0 Å². The first-order valence-corrected chi connectivity index (χ1v) is 5.35. The SMILES string of the molecule is Nc1c(C(=O)O)ccc(Cl)c1-c1ccccc1. The van der Waals surface area contributed by atoms with E-state index in [9.17, 15) is 4.79 Å². The third-order valence-corrected chi connectivity index (χ3v) is 2.80. The van der Waals surface area contributed by atoms with Gasteiger partial charge in [0.1, 0.15) is 0 Å². The fourth-order valence-corrected chi connectivity index (χ4v) is 1.95. The van der Waals surface area contributed by atoms with Crippen LogP contribution in [0.25, 0.3) is 11.1 Å². The lowest BCUT2D eigenvalue weighted by atomic mass is 10.0. The molecule has 4 heteroatoms. The molecule has 0 atom stereocenters. The average Bonchev–Trinajstić information content (AvgIpc) is 2.30. The summed E-state index contributed by atoms with van der Waals surface area (Å²) in [5.41, 5.74) is 7.47. The van der Waals surface area contributed by atoms with Crippen LogP contribution in [0.3, 0.4) is 0 Å². The second-order valence-corrected chi connectivity index (χ2v) is 3.96. The number of carbonyl (C=O) groups is 1. The van der Waals surface area contributed by atoms with Crippen LogP contribution in [0.1, 0.15) is 10.4 Å². The van der Waals surface area contributed by atoms with E-state index in [1.54, 1.807) is 6.07 Å². The molecule has 0 aliphatic carbocycles. The Hall–Kier alpha value is -2.00. The van der Waals surface area contributed by atoms with Crippen molar-refractivity contribution in [1.82, 2.24) is 0 Å². The first-order chi connectivity index (χ1) is 8.11. The normalized spacial score (nSPS) is 10.2. The van der Waals surface area contributed by atoms with Crippen molar-refractivity contribution in [1.29, 1.82) is 0 Å². The van der Waals surface area contributed by atoms with E-state index in [2.05, 4.69) is 0 Å². The van der Waals surface area contributed by atoms with Crippen LogP contribution in [0, 0.1) is 0 Å². The van der Waals surface area contributed by atoms with Gasteiger partial charge in [-0.25, -0.2) is 4.79 Å². The van der Waals surface area contributed by atoms with Crippen LogP contribution in [0.4, 0.5) is 5.69 Å². The van der Waals surface area contributed by atoms with E-state index < -0.39 is 5.97 Å². The maximum absolute atomic E-state index is 11.0. The summed E-state index contributed by atoms with van der Waals surface area (Å²) in [7, 11) is 0. The summed E-state index contributed by atoms with van der Waals surface area (Å²) in [6, 6.07) is 12.2. The molecule has 2 aromatic carbocycles. The van der Waals surface area contributed by atoms with Crippen LogP contribution in [0.2, 0.25) is 5.02 Å². The molecule has 0 bridgehead atoms. The number of hydrogen-bond acceptors (Lipinski definition) is 2. The molecule has 0 fully saturated rings. The number of halogens is 1. The molecule has 17 heavy (non-hydrogen) atoms. The standard InChI is InChI=1S/C13H10ClNO2/c14-10-7-6-9(13(16)17)12(15)11(10)8-4-2-1-3-5-8/h1-7H,15H2,(H,16,17). The van der Waals surface area contributed by atoms with Crippen molar-refractivity contribution in [3.05, 3.63) is 53.1 Å². The molecule has 0 heterocycles. The molecule has 0 spiro atoms. The molecular weight excluding hydrogens is 238 g/mol. The minimum absolute atomic E-state index is 0.0632. The van der Waals surface area contributed by atoms with Crippen molar-refractivity contribution in [2.75, 3.05) is 5.73 Å². The van der Waals surface area contributed by atoms with Gasteiger partial charge >= 0.3 is 5.97 Å². The summed E-state index contributed by atoms with van der Waals surface area (Å²) in [6.07, 6.45) is 0. The van der Waals surface area contributed by atoms with Crippen LogP contribution in [0.5, 0.6) is 0 Å². The Labute approximate surface area is 103 Å². The minimum Gasteiger partial charge on any atom is -0.478 e. The van der Waals surface area contributed by atoms with E-state index in [0.29, 0.717) is 10.6 Å². The summed E-state index contributed by atoms with van der Waals surface area (Å²) in [5, 5.41) is 9.45. The van der Waals surface area contributed by atoms with Gasteiger partial charge in [0.05, 0.1) is 16.3 Å². The molecule has 0 unspecified atom stereocenters. The number of carboxylic acid groups (broad SMARTS) is 1. The number of carboxylic acids is 1. The fraction of sp³-hybridized carbons (Fsp3) is 0. The molecule has 0 aromatic heterocycles. The van der Waals surface area contributed by atoms with Gasteiger partial charge in [0.15, 0.2) is 0 Å². The number of nitrogen functional groups attached to an aromatic ring is 1. The van der Waals surface area contributed by atoms with E-state index in [-0.39, 0.29) is 11.3 Å². The Kier molecular flexibility index (Phi) is 3.02. The van der Waals surface area contributed by atoms with E-state index in [1.165, 1.54) is 6.07 Å². The highest BCUT2D eigenvalue weighted by Gasteiger charge is 2.15. The molecule has 3 N–H and O–H groups in total. The van der Waals surface area contributed by atoms with Gasteiger partial charge in [0.25, 0.3) is 0 Å². The molecular formula is C13H10ClNO2. The van der Waals surface area contributed by atoms with Crippen LogP contribution in [-0.4, -0.2) is 11.1 Å². The van der Waals surface area contributed by atoms with Crippen molar-refractivity contribution in [2.24, 2.45) is 0 Å². The number of anilines is 1. The Morgan fingerprint density at radius 1 is 1.12 bits per heavy atom. The smallest absolute Gasteiger partial charge is 0.337 e. The minimum atomic E-state index is -1.06. The van der Waals surface area contributed by atoms with Crippen molar-refractivity contribution in [3.63, 3.8) is 0 Å². The van der Waals surface area contributed by atoms with E-state index in [1.807, 2.05) is 30.3 Å². The van der Waals surface area contributed by atoms with Gasteiger partial charge in [0, 0.05) is 5.56 Å². The Morgan fingerprint density at radius 2 is 1.76 bits per heavy atom. The Balaban J connectivity index is 2.69. The zero-order valence-corrected chi connectivity index (χ0v) is 9.61. The molecule has 0 saturated carbocycles. The third-order valence-electron chi connectivity index (χ3n) is 2.49. The molecule has 0 aliphatic rings. The number of rotatable bonds is 2. The van der Waals surface area contributed by atoms with Gasteiger partial charge in [-0.1, -0.05) is 41.9 Å². The zero-order valence-electron chi connectivity index (χ0n) is 8.85. The summed E-state index contributed by atoms with van der Waals surface area (Å²) in [6.45, 7) is 0. The molecule has 0 amide bonds. The topological polar surface area (TPSA) is 63.3 Å². The van der Waals surface area contributed by atoms with Gasteiger partial charge in [-0.3, -0.25) is 0 Å². The number of nitrogens with two attached hydrogens (primary N) is 1. The largest absolute Gasteiger partial charge is 0.478 e. The fourth-order valence-electron chi connectivity index (χ4n) is 1.68.